The Bertz CT molecular complexity index is 439. The molecule has 1 saturated heterocycles. The normalized spacial score (nSPS) is 17.2. The molecule has 0 aromatic heterocycles. The monoisotopic (exact) mass is 309 g/mol. The van der Waals surface area contributed by atoms with Gasteiger partial charge in [-0.15, -0.1) is 0 Å². The summed E-state index contributed by atoms with van der Waals surface area (Å²) in [7, 11) is 0. The first-order valence-corrected chi connectivity index (χ1v) is 8.31. The second-order valence-corrected chi connectivity index (χ2v) is 7.22. The average Bonchev–Trinajstić information content (AvgIpc) is 2.48. The highest BCUT2D eigenvalue weighted by molar-refractivity contribution is 6.30. The van der Waals surface area contributed by atoms with Gasteiger partial charge in [-0.25, -0.2) is 0 Å². The molecule has 4 heteroatoms. The van der Waals surface area contributed by atoms with Crippen molar-refractivity contribution in [2.75, 3.05) is 44.2 Å². The van der Waals surface area contributed by atoms with Crippen molar-refractivity contribution in [2.45, 2.75) is 26.7 Å². The van der Waals surface area contributed by atoms with Crippen molar-refractivity contribution in [1.29, 1.82) is 0 Å². The van der Waals surface area contributed by atoms with Crippen molar-refractivity contribution in [2.24, 2.45) is 11.1 Å². The van der Waals surface area contributed by atoms with Crippen LogP contribution in [0.1, 0.15) is 26.7 Å². The highest BCUT2D eigenvalue weighted by Crippen LogP contribution is 2.22. The van der Waals surface area contributed by atoms with E-state index in [1.54, 1.807) is 0 Å². The van der Waals surface area contributed by atoms with Crippen molar-refractivity contribution in [1.82, 2.24) is 4.90 Å². The fourth-order valence-corrected chi connectivity index (χ4v) is 2.97. The largest absolute Gasteiger partial charge is 0.369 e. The number of anilines is 1. The van der Waals surface area contributed by atoms with Gasteiger partial charge in [0.25, 0.3) is 0 Å². The molecule has 1 heterocycles. The molecule has 1 fully saturated rings. The Kier molecular flexibility index (Phi) is 5.91. The Labute approximate surface area is 134 Å². The van der Waals surface area contributed by atoms with Crippen LogP contribution in [0.25, 0.3) is 0 Å². The lowest BCUT2D eigenvalue weighted by atomic mass is 9.88. The smallest absolute Gasteiger partial charge is 0.0426 e. The van der Waals surface area contributed by atoms with Crippen LogP contribution in [0, 0.1) is 5.41 Å². The molecule has 2 rings (SSSR count). The summed E-state index contributed by atoms with van der Waals surface area (Å²) in [5.74, 6) is 0. The Balaban J connectivity index is 1.73. The van der Waals surface area contributed by atoms with Crippen molar-refractivity contribution in [3.8, 4) is 0 Å². The van der Waals surface area contributed by atoms with Gasteiger partial charge in [-0.1, -0.05) is 31.5 Å². The van der Waals surface area contributed by atoms with Gasteiger partial charge in [0, 0.05) is 36.9 Å². The summed E-state index contributed by atoms with van der Waals surface area (Å²) in [6.45, 7) is 10.9. The van der Waals surface area contributed by atoms with Gasteiger partial charge in [0.1, 0.15) is 0 Å². The molecule has 1 aromatic rings. The molecule has 1 aliphatic heterocycles. The lowest BCUT2D eigenvalue weighted by Gasteiger charge is -2.36. The molecule has 0 atom stereocenters. The highest BCUT2D eigenvalue weighted by Gasteiger charge is 2.19. The summed E-state index contributed by atoms with van der Waals surface area (Å²) in [6.07, 6.45) is 2.44. The standard InChI is InChI=1S/C17H28ClN3/c1-17(2,14-19)7-4-8-20-9-11-21(12-10-20)16-6-3-5-15(18)13-16/h3,5-6,13H,4,7-12,14,19H2,1-2H3. The van der Waals surface area contributed by atoms with Gasteiger partial charge >= 0.3 is 0 Å². The lowest BCUT2D eigenvalue weighted by Crippen LogP contribution is -2.46. The van der Waals surface area contributed by atoms with Gasteiger partial charge < -0.3 is 10.6 Å². The summed E-state index contributed by atoms with van der Waals surface area (Å²) >= 11 is 6.07. The van der Waals surface area contributed by atoms with Crippen LogP contribution in [-0.4, -0.2) is 44.2 Å². The second-order valence-electron chi connectivity index (χ2n) is 6.78. The molecule has 0 amide bonds. The number of rotatable bonds is 6. The third kappa shape index (κ3) is 5.17. The van der Waals surface area contributed by atoms with E-state index in [2.05, 4.69) is 35.8 Å². The van der Waals surface area contributed by atoms with Crippen molar-refractivity contribution in [3.05, 3.63) is 29.3 Å². The van der Waals surface area contributed by atoms with E-state index in [9.17, 15) is 0 Å². The SMILES string of the molecule is CC(C)(CN)CCCN1CCN(c2cccc(Cl)c2)CC1. The van der Waals surface area contributed by atoms with Crippen LogP contribution in [0.3, 0.4) is 0 Å². The quantitative estimate of drug-likeness (QED) is 0.875. The zero-order valence-electron chi connectivity index (χ0n) is 13.3. The molecule has 1 aromatic carbocycles. The summed E-state index contributed by atoms with van der Waals surface area (Å²) in [4.78, 5) is 4.99. The van der Waals surface area contributed by atoms with Crippen molar-refractivity contribution in [3.63, 3.8) is 0 Å². The molecular formula is C17H28ClN3. The van der Waals surface area contributed by atoms with Gasteiger partial charge in [0.2, 0.25) is 0 Å². The number of piperazine rings is 1. The van der Waals surface area contributed by atoms with E-state index in [0.29, 0.717) is 0 Å². The predicted octanol–water partition coefficient (Wildman–Crippen LogP) is 3.23. The van der Waals surface area contributed by atoms with Gasteiger partial charge in [0.05, 0.1) is 0 Å². The van der Waals surface area contributed by atoms with E-state index in [1.165, 1.54) is 25.1 Å². The van der Waals surface area contributed by atoms with E-state index in [1.807, 2.05) is 12.1 Å². The number of halogens is 1. The van der Waals surface area contributed by atoms with E-state index < -0.39 is 0 Å². The summed E-state index contributed by atoms with van der Waals surface area (Å²) in [5.41, 5.74) is 7.31. The van der Waals surface area contributed by atoms with Crippen molar-refractivity contribution < 1.29 is 0 Å². The predicted molar refractivity (Wildman–Crippen MR) is 92.2 cm³/mol. The van der Waals surface area contributed by atoms with Gasteiger partial charge in [-0.3, -0.25) is 4.90 Å². The molecule has 0 unspecified atom stereocenters. The van der Waals surface area contributed by atoms with Gasteiger partial charge in [-0.2, -0.15) is 0 Å². The van der Waals surface area contributed by atoms with Crippen LogP contribution in [0.5, 0.6) is 0 Å². The second kappa shape index (κ2) is 7.48. The number of hydrogen-bond acceptors (Lipinski definition) is 3. The first-order valence-electron chi connectivity index (χ1n) is 7.93. The maximum absolute atomic E-state index is 6.07. The van der Waals surface area contributed by atoms with Crippen LogP contribution in [0.2, 0.25) is 5.02 Å². The van der Waals surface area contributed by atoms with Crippen LogP contribution < -0.4 is 10.6 Å². The maximum Gasteiger partial charge on any atom is 0.0426 e. The molecular weight excluding hydrogens is 282 g/mol. The Morgan fingerprint density at radius 2 is 1.90 bits per heavy atom. The van der Waals surface area contributed by atoms with Crippen LogP contribution in [-0.2, 0) is 0 Å². The molecule has 0 radical (unpaired) electrons. The van der Waals surface area contributed by atoms with Crippen LogP contribution >= 0.6 is 11.6 Å². The molecule has 118 valence electrons. The molecule has 0 aliphatic carbocycles. The maximum atomic E-state index is 6.07. The van der Waals surface area contributed by atoms with Crippen LogP contribution in [0.15, 0.2) is 24.3 Å². The average molecular weight is 310 g/mol. The zero-order chi connectivity index (χ0) is 15.3. The molecule has 0 bridgehead atoms. The zero-order valence-corrected chi connectivity index (χ0v) is 14.1. The summed E-state index contributed by atoms with van der Waals surface area (Å²) < 4.78 is 0. The Morgan fingerprint density at radius 1 is 1.19 bits per heavy atom. The molecule has 3 nitrogen and oxygen atoms in total. The number of nitrogens with two attached hydrogens (primary N) is 1. The van der Waals surface area contributed by atoms with E-state index in [4.69, 9.17) is 17.3 Å². The van der Waals surface area contributed by atoms with E-state index in [0.717, 1.165) is 37.7 Å². The first kappa shape index (κ1) is 16.6. The molecule has 21 heavy (non-hydrogen) atoms. The van der Waals surface area contributed by atoms with Crippen molar-refractivity contribution >= 4 is 17.3 Å². The van der Waals surface area contributed by atoms with Gasteiger partial charge in [-0.05, 0) is 49.5 Å². The van der Waals surface area contributed by atoms with E-state index in [-0.39, 0.29) is 5.41 Å². The molecule has 0 saturated carbocycles. The number of hydrogen-bond donors (Lipinski definition) is 1. The number of benzene rings is 1. The van der Waals surface area contributed by atoms with Gasteiger partial charge in [0.15, 0.2) is 0 Å². The lowest BCUT2D eigenvalue weighted by molar-refractivity contribution is 0.232. The third-order valence-electron chi connectivity index (χ3n) is 4.43. The summed E-state index contributed by atoms with van der Waals surface area (Å²) in [6, 6.07) is 8.16. The number of nitrogens with zero attached hydrogens (tertiary/aromatic N) is 2. The first-order chi connectivity index (χ1) is 10.00. The molecule has 2 N–H and O–H groups in total. The third-order valence-corrected chi connectivity index (χ3v) is 4.66. The minimum atomic E-state index is 0.280. The highest BCUT2D eigenvalue weighted by atomic mass is 35.5. The minimum Gasteiger partial charge on any atom is -0.369 e. The fraction of sp³-hybridized carbons (Fsp3) is 0.647. The molecule has 0 spiro atoms. The topological polar surface area (TPSA) is 32.5 Å². The van der Waals surface area contributed by atoms with Crippen LogP contribution in [0.4, 0.5) is 5.69 Å². The Hall–Kier alpha value is -0.770. The molecule has 1 aliphatic rings. The Morgan fingerprint density at radius 3 is 2.52 bits per heavy atom. The van der Waals surface area contributed by atoms with E-state index >= 15 is 0 Å². The summed E-state index contributed by atoms with van der Waals surface area (Å²) in [5, 5.41) is 0.818. The minimum absolute atomic E-state index is 0.280. The fourth-order valence-electron chi connectivity index (χ4n) is 2.79.